The molecule has 8 nitrogen and oxygen atoms in total. The summed E-state index contributed by atoms with van der Waals surface area (Å²) in [5, 5.41) is 13.6. The first-order valence-corrected chi connectivity index (χ1v) is 12.3. The van der Waals surface area contributed by atoms with Crippen LogP contribution in [0.25, 0.3) is 33.0 Å². The summed E-state index contributed by atoms with van der Waals surface area (Å²) in [6, 6.07) is 19.7. The van der Waals surface area contributed by atoms with Crippen LogP contribution in [-0.4, -0.2) is 20.7 Å². The number of para-hydroxylation sites is 1. The van der Waals surface area contributed by atoms with Crippen LogP contribution < -0.4 is 16.5 Å². The van der Waals surface area contributed by atoms with Gasteiger partial charge in [-0.3, -0.25) is 10.2 Å². The van der Waals surface area contributed by atoms with Crippen molar-refractivity contribution in [2.75, 3.05) is 11.1 Å². The molecule has 1 atom stereocenters. The minimum Gasteiger partial charge on any atom is -0.458 e. The fourth-order valence-electron chi connectivity index (χ4n) is 4.76. The molecule has 3 aromatic heterocycles. The van der Waals surface area contributed by atoms with E-state index in [0.717, 1.165) is 10.9 Å². The predicted octanol–water partition coefficient (Wildman–Crippen LogP) is 6.04. The predicted molar refractivity (Wildman–Crippen MR) is 151 cm³/mol. The molecule has 39 heavy (non-hydrogen) atoms. The van der Waals surface area contributed by atoms with Crippen molar-refractivity contribution in [2.45, 2.75) is 13.0 Å². The molecule has 5 N–H and O–H groups in total. The molecule has 0 fully saturated rings. The molecule has 0 aliphatic rings. The van der Waals surface area contributed by atoms with Gasteiger partial charge in [-0.2, -0.15) is 0 Å². The second kappa shape index (κ2) is 9.53. The smallest absolute Gasteiger partial charge is 0.200 e. The van der Waals surface area contributed by atoms with Gasteiger partial charge < -0.3 is 20.5 Å². The lowest BCUT2D eigenvalue weighted by molar-refractivity contribution is 0.515. The van der Waals surface area contributed by atoms with Crippen LogP contribution in [0.5, 0.6) is 0 Å². The summed E-state index contributed by atoms with van der Waals surface area (Å²) >= 11 is 0. The van der Waals surface area contributed by atoms with Gasteiger partial charge in [0.2, 0.25) is 5.43 Å². The molecule has 0 aliphatic heterocycles. The van der Waals surface area contributed by atoms with Crippen molar-refractivity contribution in [2.24, 2.45) is 0 Å². The summed E-state index contributed by atoms with van der Waals surface area (Å²) in [6.07, 6.45) is 3.14. The molecule has 0 saturated heterocycles. The summed E-state index contributed by atoms with van der Waals surface area (Å²) in [4.78, 5) is 25.3. The highest BCUT2D eigenvalue weighted by atomic mass is 19.1. The third kappa shape index (κ3) is 4.29. The highest BCUT2D eigenvalue weighted by molar-refractivity contribution is 6.17. The van der Waals surface area contributed by atoms with Crippen LogP contribution in [-0.2, 0) is 0 Å². The number of nitrogens with zero attached hydrogens (tertiary/aromatic N) is 2. The first kappa shape index (κ1) is 24.1. The molecule has 3 aromatic carbocycles. The lowest BCUT2D eigenvalue weighted by Gasteiger charge is -2.20. The normalized spacial score (nSPS) is 12.1. The quantitative estimate of drug-likeness (QED) is 0.199. The Morgan fingerprint density at radius 3 is 2.77 bits per heavy atom. The second-order valence-electron chi connectivity index (χ2n) is 9.18. The average molecular weight is 519 g/mol. The SMILES string of the molecule is CC(Nc1ncnc(N)c1C(=N)c1ccc2[nH]ccc2c1)c1oc2ccccc2c(=O)c1-c1cccc(F)c1. The Labute approximate surface area is 221 Å². The molecular weight excluding hydrogens is 495 g/mol. The summed E-state index contributed by atoms with van der Waals surface area (Å²) in [5.74, 6) is 0.261. The highest BCUT2D eigenvalue weighted by Gasteiger charge is 2.24. The minimum atomic E-state index is -0.617. The van der Waals surface area contributed by atoms with Crippen LogP contribution in [0.4, 0.5) is 16.0 Å². The van der Waals surface area contributed by atoms with Gasteiger partial charge in [0.1, 0.15) is 35.1 Å². The molecule has 192 valence electrons. The Hall–Kier alpha value is -5.31. The topological polar surface area (TPSA) is 134 Å². The van der Waals surface area contributed by atoms with Gasteiger partial charge in [-0.05, 0) is 55.0 Å². The van der Waals surface area contributed by atoms with Crippen LogP contribution in [0.1, 0.15) is 29.9 Å². The number of benzene rings is 3. The Bertz CT molecular complexity index is 1940. The van der Waals surface area contributed by atoms with E-state index in [2.05, 4.69) is 20.3 Å². The van der Waals surface area contributed by atoms with E-state index >= 15 is 0 Å². The van der Waals surface area contributed by atoms with Crippen molar-refractivity contribution in [3.63, 3.8) is 0 Å². The summed E-state index contributed by atoms with van der Waals surface area (Å²) in [7, 11) is 0. The van der Waals surface area contributed by atoms with E-state index in [9.17, 15) is 9.18 Å². The number of rotatable bonds is 6. The van der Waals surface area contributed by atoms with Crippen LogP contribution in [0, 0.1) is 11.2 Å². The third-order valence-corrected chi connectivity index (χ3v) is 6.65. The Morgan fingerprint density at radius 1 is 1.08 bits per heavy atom. The van der Waals surface area contributed by atoms with Gasteiger partial charge in [0.05, 0.1) is 28.3 Å². The van der Waals surface area contributed by atoms with Crippen LogP contribution in [0.15, 0.2) is 94.5 Å². The second-order valence-corrected chi connectivity index (χ2v) is 9.18. The maximum absolute atomic E-state index is 14.2. The molecule has 9 heteroatoms. The van der Waals surface area contributed by atoms with Gasteiger partial charge >= 0.3 is 0 Å². The lowest BCUT2D eigenvalue weighted by atomic mass is 9.98. The summed E-state index contributed by atoms with van der Waals surface area (Å²) in [6.45, 7) is 1.80. The molecule has 0 aliphatic carbocycles. The molecule has 0 radical (unpaired) electrons. The van der Waals surface area contributed by atoms with Crippen molar-refractivity contribution in [1.82, 2.24) is 15.0 Å². The molecule has 6 aromatic rings. The number of aromatic nitrogens is 3. The molecule has 3 heterocycles. The molecule has 6 rings (SSSR count). The first-order chi connectivity index (χ1) is 18.9. The Kier molecular flexibility index (Phi) is 5.88. The van der Waals surface area contributed by atoms with Gasteiger partial charge in [-0.25, -0.2) is 14.4 Å². The highest BCUT2D eigenvalue weighted by Crippen LogP contribution is 2.32. The molecule has 0 spiro atoms. The largest absolute Gasteiger partial charge is 0.458 e. The number of halogens is 1. The van der Waals surface area contributed by atoms with Crippen molar-refractivity contribution in [3.8, 4) is 11.1 Å². The number of nitrogens with one attached hydrogen (secondary N) is 3. The maximum atomic E-state index is 14.2. The Morgan fingerprint density at radius 2 is 1.92 bits per heavy atom. The summed E-state index contributed by atoms with van der Waals surface area (Å²) < 4.78 is 20.4. The van der Waals surface area contributed by atoms with Crippen LogP contribution in [0.2, 0.25) is 0 Å². The average Bonchev–Trinajstić information content (AvgIpc) is 3.41. The number of nitrogen functional groups attached to an aromatic ring is 1. The number of H-pyrrole nitrogens is 1. The van der Waals surface area contributed by atoms with Gasteiger partial charge in [0.25, 0.3) is 0 Å². The van der Waals surface area contributed by atoms with Gasteiger partial charge in [-0.15, -0.1) is 0 Å². The maximum Gasteiger partial charge on any atom is 0.200 e. The van der Waals surface area contributed by atoms with E-state index in [1.54, 1.807) is 43.3 Å². The van der Waals surface area contributed by atoms with E-state index in [1.165, 1.54) is 18.5 Å². The van der Waals surface area contributed by atoms with Crippen LogP contribution >= 0.6 is 0 Å². The first-order valence-electron chi connectivity index (χ1n) is 12.3. The number of hydrogen-bond donors (Lipinski definition) is 4. The third-order valence-electron chi connectivity index (χ3n) is 6.65. The number of fused-ring (bicyclic) bond motifs is 2. The van der Waals surface area contributed by atoms with Crippen molar-refractivity contribution < 1.29 is 8.81 Å². The monoisotopic (exact) mass is 518 g/mol. The van der Waals surface area contributed by atoms with Gasteiger partial charge in [0, 0.05) is 22.7 Å². The number of aromatic amines is 1. The van der Waals surface area contributed by atoms with Crippen molar-refractivity contribution in [3.05, 3.63) is 118 Å². The number of anilines is 2. The molecule has 0 amide bonds. The zero-order valence-electron chi connectivity index (χ0n) is 20.8. The summed E-state index contributed by atoms with van der Waals surface area (Å²) in [5.41, 5.74) is 9.05. The van der Waals surface area contributed by atoms with Gasteiger partial charge in [0.15, 0.2) is 0 Å². The van der Waals surface area contributed by atoms with Crippen molar-refractivity contribution in [1.29, 1.82) is 5.41 Å². The van der Waals surface area contributed by atoms with Crippen molar-refractivity contribution >= 4 is 39.2 Å². The molecule has 0 bridgehead atoms. The van der Waals surface area contributed by atoms with E-state index in [1.807, 2.05) is 30.5 Å². The van der Waals surface area contributed by atoms with E-state index < -0.39 is 11.9 Å². The van der Waals surface area contributed by atoms with Crippen LogP contribution in [0.3, 0.4) is 0 Å². The van der Waals surface area contributed by atoms with E-state index in [4.69, 9.17) is 15.6 Å². The number of nitrogens with two attached hydrogens (primary N) is 1. The number of hydrogen-bond acceptors (Lipinski definition) is 7. The molecule has 0 saturated carbocycles. The lowest BCUT2D eigenvalue weighted by Crippen LogP contribution is -2.18. The zero-order chi connectivity index (χ0) is 27.1. The Balaban J connectivity index is 1.46. The molecular formula is C30H23FN6O2. The van der Waals surface area contributed by atoms with E-state index in [-0.39, 0.29) is 22.5 Å². The van der Waals surface area contributed by atoms with E-state index in [0.29, 0.717) is 39.2 Å². The fourth-order valence-corrected chi connectivity index (χ4v) is 4.76. The van der Waals surface area contributed by atoms with Gasteiger partial charge in [-0.1, -0.05) is 30.3 Å². The minimum absolute atomic E-state index is 0.129. The molecule has 1 unspecified atom stereocenters. The zero-order valence-corrected chi connectivity index (χ0v) is 20.8. The fraction of sp³-hybridized carbons (Fsp3) is 0.0667. The standard InChI is InChI=1S/C30H23FN6O2/c1-16(28-24(18-5-4-6-20(31)14-18)27(38)21-7-2-3-8-23(21)39-28)37-30-25(29(33)35-15-36-30)26(32)19-9-10-22-17(13-19)11-12-34-22/h2-16,32,34H,1H3,(H3,33,35,36,37).